The number of thioether (sulfide) groups is 1. The fourth-order valence-electron chi connectivity index (χ4n) is 1.54. The number of rotatable bonds is 7. The Balaban J connectivity index is 2.54. The van der Waals surface area contributed by atoms with Gasteiger partial charge < -0.3 is 20.1 Å². The molecule has 6 nitrogen and oxygen atoms in total. The summed E-state index contributed by atoms with van der Waals surface area (Å²) < 4.78 is 5.02. The van der Waals surface area contributed by atoms with Gasteiger partial charge in [0.2, 0.25) is 0 Å². The van der Waals surface area contributed by atoms with Crippen LogP contribution in [0.1, 0.15) is 6.92 Å². The molecule has 0 spiro atoms. The second kappa shape index (κ2) is 8.41. The third-order valence-electron chi connectivity index (χ3n) is 2.86. The maximum Gasteiger partial charge on any atom is 0.341 e. The number of urea groups is 1. The van der Waals surface area contributed by atoms with Crippen molar-refractivity contribution < 1.29 is 19.4 Å². The number of amides is 2. The third kappa shape index (κ3) is 5.95. The van der Waals surface area contributed by atoms with Crippen LogP contribution in [0.3, 0.4) is 0 Å². The first-order valence-corrected chi connectivity index (χ1v) is 7.80. The Bertz CT molecular complexity index is 478. The van der Waals surface area contributed by atoms with Crippen LogP contribution < -0.4 is 10.1 Å². The number of anilines is 1. The molecule has 0 bridgehead atoms. The van der Waals surface area contributed by atoms with Crippen LogP contribution in [0.25, 0.3) is 0 Å². The average molecular weight is 312 g/mol. The van der Waals surface area contributed by atoms with Crippen LogP contribution in [0.2, 0.25) is 0 Å². The molecule has 0 saturated carbocycles. The Labute approximate surface area is 128 Å². The van der Waals surface area contributed by atoms with Crippen LogP contribution in [0.4, 0.5) is 10.5 Å². The molecule has 1 unspecified atom stereocenters. The fraction of sp³-hybridized carbons (Fsp3) is 0.429. The number of ether oxygens (including phenoxy) is 1. The van der Waals surface area contributed by atoms with Crippen molar-refractivity contribution >= 4 is 29.4 Å². The van der Waals surface area contributed by atoms with Gasteiger partial charge in [0, 0.05) is 24.5 Å². The first-order chi connectivity index (χ1) is 9.93. The molecule has 2 amide bonds. The van der Waals surface area contributed by atoms with Crippen molar-refractivity contribution in [2.24, 2.45) is 0 Å². The van der Waals surface area contributed by atoms with E-state index in [4.69, 9.17) is 9.84 Å². The summed E-state index contributed by atoms with van der Waals surface area (Å²) in [6.45, 7) is 1.60. The molecule has 0 aliphatic rings. The molecule has 7 heteroatoms. The molecule has 1 aromatic carbocycles. The van der Waals surface area contributed by atoms with E-state index < -0.39 is 5.97 Å². The number of carbonyl (C=O) groups excluding carboxylic acids is 1. The predicted molar refractivity (Wildman–Crippen MR) is 84.2 cm³/mol. The van der Waals surface area contributed by atoms with Gasteiger partial charge in [0.1, 0.15) is 5.75 Å². The Morgan fingerprint density at radius 1 is 1.38 bits per heavy atom. The van der Waals surface area contributed by atoms with Gasteiger partial charge in [0.15, 0.2) is 6.61 Å². The maximum absolute atomic E-state index is 12.0. The maximum atomic E-state index is 12.0. The lowest BCUT2D eigenvalue weighted by Crippen LogP contribution is -2.39. The van der Waals surface area contributed by atoms with E-state index in [1.807, 2.05) is 13.2 Å². The average Bonchev–Trinajstić information content (AvgIpc) is 2.45. The smallest absolute Gasteiger partial charge is 0.341 e. The lowest BCUT2D eigenvalue weighted by molar-refractivity contribution is -0.139. The normalized spacial score (nSPS) is 11.6. The summed E-state index contributed by atoms with van der Waals surface area (Å²) in [7, 11) is 1.75. The van der Waals surface area contributed by atoms with Crippen molar-refractivity contribution in [2.75, 3.05) is 31.0 Å². The second-order valence-electron chi connectivity index (χ2n) is 4.55. The van der Waals surface area contributed by atoms with E-state index in [9.17, 15) is 9.59 Å². The van der Waals surface area contributed by atoms with Gasteiger partial charge in [-0.15, -0.1) is 0 Å². The molecule has 0 fully saturated rings. The number of hydrogen-bond donors (Lipinski definition) is 2. The van der Waals surface area contributed by atoms with Crippen molar-refractivity contribution in [1.82, 2.24) is 4.90 Å². The van der Waals surface area contributed by atoms with E-state index in [0.717, 1.165) is 5.75 Å². The van der Waals surface area contributed by atoms with Crippen LogP contribution in [-0.4, -0.2) is 53.7 Å². The number of nitrogens with zero attached hydrogens (tertiary/aromatic N) is 1. The van der Waals surface area contributed by atoms with Crippen molar-refractivity contribution in [3.63, 3.8) is 0 Å². The molecule has 0 heterocycles. The van der Waals surface area contributed by atoms with E-state index in [0.29, 0.717) is 11.4 Å². The summed E-state index contributed by atoms with van der Waals surface area (Å²) in [5, 5.41) is 11.3. The summed E-state index contributed by atoms with van der Waals surface area (Å²) >= 11 is 1.69. The molecule has 1 aromatic rings. The van der Waals surface area contributed by atoms with Crippen molar-refractivity contribution in [3.8, 4) is 5.75 Å². The Kier molecular flexibility index (Phi) is 6.87. The van der Waals surface area contributed by atoms with Gasteiger partial charge in [-0.3, -0.25) is 0 Å². The fourth-order valence-corrected chi connectivity index (χ4v) is 2.25. The number of aliphatic carboxylic acids is 1. The zero-order valence-corrected chi connectivity index (χ0v) is 13.1. The van der Waals surface area contributed by atoms with Crippen LogP contribution in [-0.2, 0) is 4.79 Å². The molecule has 21 heavy (non-hydrogen) atoms. The van der Waals surface area contributed by atoms with Crippen molar-refractivity contribution in [3.05, 3.63) is 24.3 Å². The van der Waals surface area contributed by atoms with E-state index in [1.165, 1.54) is 0 Å². The molecule has 0 radical (unpaired) electrons. The summed E-state index contributed by atoms with van der Waals surface area (Å²) in [5.74, 6) is 0.280. The highest BCUT2D eigenvalue weighted by molar-refractivity contribution is 7.98. The van der Waals surface area contributed by atoms with E-state index in [1.54, 1.807) is 48.0 Å². The molecule has 0 aliphatic heterocycles. The van der Waals surface area contributed by atoms with Gasteiger partial charge in [0.25, 0.3) is 0 Å². The van der Waals surface area contributed by atoms with Gasteiger partial charge in [0.05, 0.1) is 0 Å². The quantitative estimate of drug-likeness (QED) is 0.808. The summed E-state index contributed by atoms with van der Waals surface area (Å²) in [6, 6.07) is 6.52. The topological polar surface area (TPSA) is 78.9 Å². The predicted octanol–water partition coefficient (Wildman–Crippen LogP) is 2.37. The Morgan fingerprint density at radius 3 is 2.52 bits per heavy atom. The first-order valence-electron chi connectivity index (χ1n) is 6.41. The Morgan fingerprint density at radius 2 is 2.00 bits per heavy atom. The molecule has 0 saturated heterocycles. The zero-order valence-electron chi connectivity index (χ0n) is 12.3. The molecular weight excluding hydrogens is 292 g/mol. The van der Waals surface area contributed by atoms with Crippen LogP contribution in [0, 0.1) is 0 Å². The van der Waals surface area contributed by atoms with E-state index >= 15 is 0 Å². The minimum Gasteiger partial charge on any atom is -0.482 e. The van der Waals surface area contributed by atoms with E-state index in [-0.39, 0.29) is 18.7 Å². The van der Waals surface area contributed by atoms with Crippen molar-refractivity contribution in [2.45, 2.75) is 13.0 Å². The van der Waals surface area contributed by atoms with Gasteiger partial charge in [-0.05, 0) is 37.4 Å². The SMILES string of the molecule is CSCC(C)N(C)C(=O)Nc1ccc(OCC(=O)O)cc1. The molecule has 0 aromatic heterocycles. The Hall–Kier alpha value is -1.89. The first kappa shape index (κ1) is 17.2. The highest BCUT2D eigenvalue weighted by Crippen LogP contribution is 2.16. The lowest BCUT2D eigenvalue weighted by Gasteiger charge is -2.24. The van der Waals surface area contributed by atoms with Crippen LogP contribution >= 0.6 is 11.8 Å². The number of benzene rings is 1. The monoisotopic (exact) mass is 312 g/mol. The van der Waals surface area contributed by atoms with Crippen LogP contribution in [0.5, 0.6) is 5.75 Å². The van der Waals surface area contributed by atoms with Gasteiger partial charge >= 0.3 is 12.0 Å². The summed E-state index contributed by atoms with van der Waals surface area (Å²) in [5.41, 5.74) is 0.630. The highest BCUT2D eigenvalue weighted by atomic mass is 32.2. The minimum absolute atomic E-state index is 0.137. The number of carboxylic acid groups (broad SMARTS) is 1. The summed E-state index contributed by atoms with van der Waals surface area (Å²) in [4.78, 5) is 24.1. The van der Waals surface area contributed by atoms with Crippen LogP contribution in [0.15, 0.2) is 24.3 Å². The number of carboxylic acids is 1. The van der Waals surface area contributed by atoms with Gasteiger partial charge in [-0.2, -0.15) is 11.8 Å². The number of carbonyl (C=O) groups is 2. The minimum atomic E-state index is -1.03. The molecule has 116 valence electrons. The standard InChI is InChI=1S/C14H20N2O4S/c1-10(9-21-3)16(2)14(19)15-11-4-6-12(7-5-11)20-8-13(17)18/h4-7,10H,8-9H2,1-3H3,(H,15,19)(H,17,18). The van der Waals surface area contributed by atoms with Gasteiger partial charge in [-0.1, -0.05) is 0 Å². The molecule has 0 aliphatic carbocycles. The molecular formula is C14H20N2O4S. The number of nitrogens with one attached hydrogen (secondary N) is 1. The van der Waals surface area contributed by atoms with Crippen molar-refractivity contribution in [1.29, 1.82) is 0 Å². The molecule has 2 N–H and O–H groups in total. The third-order valence-corrected chi connectivity index (χ3v) is 3.67. The second-order valence-corrected chi connectivity index (χ2v) is 5.46. The molecule has 1 rings (SSSR count). The number of hydrogen-bond acceptors (Lipinski definition) is 4. The largest absolute Gasteiger partial charge is 0.482 e. The van der Waals surface area contributed by atoms with E-state index in [2.05, 4.69) is 5.32 Å². The zero-order chi connectivity index (χ0) is 15.8. The highest BCUT2D eigenvalue weighted by Gasteiger charge is 2.15. The molecule has 1 atom stereocenters. The summed E-state index contributed by atoms with van der Waals surface area (Å²) in [6.07, 6.45) is 2.00. The lowest BCUT2D eigenvalue weighted by atomic mass is 10.3. The van der Waals surface area contributed by atoms with Gasteiger partial charge in [-0.25, -0.2) is 9.59 Å².